The average molecular weight is 254 g/mol. The van der Waals surface area contributed by atoms with Crippen molar-refractivity contribution in [2.75, 3.05) is 24.5 Å². The Balaban J connectivity index is 2.33. The van der Waals surface area contributed by atoms with Crippen molar-refractivity contribution in [2.24, 2.45) is 0 Å². The Labute approximate surface area is 103 Å². The molecule has 0 radical (unpaired) electrons. The summed E-state index contributed by atoms with van der Waals surface area (Å²) >= 11 is 0. The summed E-state index contributed by atoms with van der Waals surface area (Å²) in [6.07, 6.45) is 0. The molecule has 1 amide bonds. The molecule has 0 atom stereocenters. The molecule has 0 spiro atoms. The van der Waals surface area contributed by atoms with Crippen LogP contribution in [0.25, 0.3) is 0 Å². The van der Waals surface area contributed by atoms with Crippen molar-refractivity contribution in [1.29, 1.82) is 0 Å². The highest BCUT2D eigenvalue weighted by atomic mass is 19.2. The number of nitrogens with one attached hydrogen (secondary N) is 1. The number of carbonyl (C=O) groups is 2. The molecule has 1 N–H and O–H groups in total. The SMILES string of the molecule is CCNCCN1C(=O)C(=O)c2cc(F)c(F)cc21. The van der Waals surface area contributed by atoms with Gasteiger partial charge in [0.25, 0.3) is 11.7 Å². The third kappa shape index (κ3) is 1.99. The average Bonchev–Trinajstić information content (AvgIpc) is 2.56. The minimum absolute atomic E-state index is 0.0737. The lowest BCUT2D eigenvalue weighted by atomic mass is 10.1. The fourth-order valence-corrected chi connectivity index (χ4v) is 1.88. The molecular formula is C12H12F2N2O2. The van der Waals surface area contributed by atoms with Crippen LogP contribution >= 0.6 is 0 Å². The van der Waals surface area contributed by atoms with Crippen LogP contribution in [0.15, 0.2) is 12.1 Å². The molecule has 0 aliphatic carbocycles. The molecule has 0 fully saturated rings. The number of rotatable bonds is 4. The molecule has 1 aliphatic rings. The Bertz CT molecular complexity index is 517. The van der Waals surface area contributed by atoms with Gasteiger partial charge in [0, 0.05) is 19.2 Å². The predicted octanol–water partition coefficient (Wildman–Crippen LogP) is 1.10. The first-order valence-corrected chi connectivity index (χ1v) is 5.62. The highest BCUT2D eigenvalue weighted by Crippen LogP contribution is 2.30. The monoisotopic (exact) mass is 254 g/mol. The number of likely N-dealkylation sites (N-methyl/N-ethyl adjacent to an activating group) is 1. The summed E-state index contributed by atoms with van der Waals surface area (Å²) in [6, 6.07) is 1.66. The van der Waals surface area contributed by atoms with Gasteiger partial charge in [0.15, 0.2) is 11.6 Å². The number of hydrogen-bond acceptors (Lipinski definition) is 3. The van der Waals surface area contributed by atoms with Crippen molar-refractivity contribution < 1.29 is 18.4 Å². The minimum atomic E-state index is -1.12. The number of amides is 1. The summed E-state index contributed by atoms with van der Waals surface area (Å²) in [5.74, 6) is -3.72. The van der Waals surface area contributed by atoms with Gasteiger partial charge in [-0.15, -0.1) is 0 Å². The standard InChI is InChI=1S/C12H12F2N2O2/c1-2-15-3-4-16-10-6-9(14)8(13)5-7(10)11(17)12(16)18/h5-6,15H,2-4H2,1H3. The first-order chi connectivity index (χ1) is 8.56. The Kier molecular flexibility index (Phi) is 3.38. The second-order valence-corrected chi connectivity index (χ2v) is 3.92. The topological polar surface area (TPSA) is 49.4 Å². The van der Waals surface area contributed by atoms with Gasteiger partial charge in [0.1, 0.15) is 0 Å². The van der Waals surface area contributed by atoms with Gasteiger partial charge < -0.3 is 10.2 Å². The summed E-state index contributed by atoms with van der Waals surface area (Å²) < 4.78 is 26.2. The van der Waals surface area contributed by atoms with Gasteiger partial charge in [0.05, 0.1) is 11.3 Å². The van der Waals surface area contributed by atoms with Crippen molar-refractivity contribution >= 4 is 17.4 Å². The highest BCUT2D eigenvalue weighted by molar-refractivity contribution is 6.52. The van der Waals surface area contributed by atoms with Crippen LogP contribution in [0.2, 0.25) is 0 Å². The summed E-state index contributed by atoms with van der Waals surface area (Å²) in [5, 5.41) is 2.99. The van der Waals surface area contributed by atoms with E-state index in [1.54, 1.807) is 0 Å². The largest absolute Gasteiger partial charge is 0.315 e. The van der Waals surface area contributed by atoms with Crippen molar-refractivity contribution in [2.45, 2.75) is 6.92 Å². The number of nitrogens with zero attached hydrogens (tertiary/aromatic N) is 1. The molecular weight excluding hydrogens is 242 g/mol. The lowest BCUT2D eigenvalue weighted by Gasteiger charge is -2.16. The van der Waals surface area contributed by atoms with Crippen LogP contribution in [-0.4, -0.2) is 31.3 Å². The molecule has 1 aromatic carbocycles. The highest BCUT2D eigenvalue weighted by Gasteiger charge is 2.36. The zero-order valence-electron chi connectivity index (χ0n) is 9.80. The third-order valence-corrected chi connectivity index (χ3v) is 2.78. The predicted molar refractivity (Wildman–Crippen MR) is 61.6 cm³/mol. The van der Waals surface area contributed by atoms with E-state index in [0.29, 0.717) is 6.54 Å². The number of ketones is 1. The van der Waals surface area contributed by atoms with Crippen LogP contribution in [0.3, 0.4) is 0 Å². The van der Waals surface area contributed by atoms with Crippen LogP contribution in [0.5, 0.6) is 0 Å². The van der Waals surface area contributed by atoms with Gasteiger partial charge >= 0.3 is 0 Å². The van der Waals surface area contributed by atoms with Gasteiger partial charge in [-0.1, -0.05) is 6.92 Å². The molecule has 0 unspecified atom stereocenters. The number of hydrogen-bond donors (Lipinski definition) is 1. The summed E-state index contributed by atoms with van der Waals surface area (Å²) in [5.41, 5.74) is 0.0669. The van der Waals surface area contributed by atoms with E-state index in [0.717, 1.165) is 18.7 Å². The van der Waals surface area contributed by atoms with Crippen LogP contribution in [-0.2, 0) is 4.79 Å². The van der Waals surface area contributed by atoms with E-state index in [2.05, 4.69) is 5.32 Å². The first-order valence-electron chi connectivity index (χ1n) is 5.62. The van der Waals surface area contributed by atoms with E-state index >= 15 is 0 Å². The van der Waals surface area contributed by atoms with Gasteiger partial charge in [-0.05, 0) is 12.6 Å². The summed E-state index contributed by atoms with van der Waals surface area (Å²) in [4.78, 5) is 24.5. The molecule has 1 aliphatic heterocycles. The molecule has 96 valence electrons. The van der Waals surface area contributed by atoms with Crippen molar-refractivity contribution in [1.82, 2.24) is 5.32 Å². The van der Waals surface area contributed by atoms with Gasteiger partial charge in [0.2, 0.25) is 0 Å². The molecule has 1 heterocycles. The maximum absolute atomic E-state index is 13.1. The number of fused-ring (bicyclic) bond motifs is 1. The normalized spacial score (nSPS) is 14.3. The molecule has 0 aromatic heterocycles. The number of carbonyl (C=O) groups excluding carboxylic acids is 2. The van der Waals surface area contributed by atoms with Crippen molar-refractivity contribution in [3.05, 3.63) is 29.3 Å². The molecule has 0 saturated heterocycles. The van der Waals surface area contributed by atoms with E-state index in [9.17, 15) is 18.4 Å². The van der Waals surface area contributed by atoms with E-state index in [4.69, 9.17) is 0 Å². The van der Waals surface area contributed by atoms with Crippen LogP contribution in [0.4, 0.5) is 14.5 Å². The fourth-order valence-electron chi connectivity index (χ4n) is 1.88. The quantitative estimate of drug-likeness (QED) is 0.646. The second-order valence-electron chi connectivity index (χ2n) is 3.92. The van der Waals surface area contributed by atoms with Crippen LogP contribution < -0.4 is 10.2 Å². The lowest BCUT2D eigenvalue weighted by Crippen LogP contribution is -2.36. The zero-order chi connectivity index (χ0) is 13.3. The zero-order valence-corrected chi connectivity index (χ0v) is 9.80. The van der Waals surface area contributed by atoms with E-state index in [-0.39, 0.29) is 17.8 Å². The molecule has 6 heteroatoms. The van der Waals surface area contributed by atoms with E-state index in [1.165, 1.54) is 4.90 Å². The number of halogens is 2. The molecule has 0 saturated carbocycles. The summed E-state index contributed by atoms with van der Waals surface area (Å²) in [7, 11) is 0. The third-order valence-electron chi connectivity index (χ3n) is 2.78. The number of anilines is 1. The molecule has 2 rings (SSSR count). The summed E-state index contributed by atoms with van der Waals surface area (Å²) in [6.45, 7) is 3.35. The Morgan fingerprint density at radius 3 is 2.56 bits per heavy atom. The van der Waals surface area contributed by atoms with Gasteiger partial charge in [-0.25, -0.2) is 8.78 Å². The molecule has 18 heavy (non-hydrogen) atoms. The van der Waals surface area contributed by atoms with E-state index < -0.39 is 23.3 Å². The molecule has 0 bridgehead atoms. The van der Waals surface area contributed by atoms with Crippen LogP contribution in [0.1, 0.15) is 17.3 Å². The van der Waals surface area contributed by atoms with Crippen molar-refractivity contribution in [3.8, 4) is 0 Å². The minimum Gasteiger partial charge on any atom is -0.315 e. The Morgan fingerprint density at radius 1 is 1.22 bits per heavy atom. The second kappa shape index (κ2) is 4.81. The van der Waals surface area contributed by atoms with E-state index in [1.807, 2.05) is 6.92 Å². The molecule has 1 aromatic rings. The number of benzene rings is 1. The van der Waals surface area contributed by atoms with Gasteiger partial charge in [-0.2, -0.15) is 0 Å². The Morgan fingerprint density at radius 2 is 1.89 bits per heavy atom. The Hall–Kier alpha value is -1.82. The van der Waals surface area contributed by atoms with Crippen molar-refractivity contribution in [3.63, 3.8) is 0 Å². The number of Topliss-reactive ketones (excluding diaryl/α,β-unsaturated/α-hetero) is 1. The fraction of sp³-hybridized carbons (Fsp3) is 0.333. The first kappa shape index (κ1) is 12.6. The maximum atomic E-state index is 13.1. The van der Waals surface area contributed by atoms with Gasteiger partial charge in [-0.3, -0.25) is 9.59 Å². The molecule has 4 nitrogen and oxygen atoms in total. The smallest absolute Gasteiger partial charge is 0.299 e. The van der Waals surface area contributed by atoms with Crippen LogP contribution in [0, 0.1) is 11.6 Å². The lowest BCUT2D eigenvalue weighted by molar-refractivity contribution is -0.114. The maximum Gasteiger partial charge on any atom is 0.299 e.